The summed E-state index contributed by atoms with van der Waals surface area (Å²) in [5.74, 6) is -3.16. The van der Waals surface area contributed by atoms with Crippen LogP contribution in [0.5, 0.6) is 0 Å². The molecule has 0 unspecified atom stereocenters. The summed E-state index contributed by atoms with van der Waals surface area (Å²) in [6.07, 6.45) is 0. The molecule has 0 radical (unpaired) electrons. The van der Waals surface area contributed by atoms with Crippen molar-refractivity contribution in [2.75, 3.05) is 0 Å². The van der Waals surface area contributed by atoms with Gasteiger partial charge in [-0.05, 0) is 79.6 Å². The normalized spacial score (nSPS) is 11.0. The summed E-state index contributed by atoms with van der Waals surface area (Å²) in [5, 5.41) is 40.3. The van der Waals surface area contributed by atoms with Gasteiger partial charge in [-0.1, -0.05) is 41.5 Å². The Balaban J connectivity index is 0.000000562. The van der Waals surface area contributed by atoms with E-state index >= 15 is 0 Å². The van der Waals surface area contributed by atoms with Crippen molar-refractivity contribution >= 4 is 54.9 Å². The Kier molecular flexibility index (Phi) is 20.9. The second kappa shape index (κ2) is 23.0. The summed E-state index contributed by atoms with van der Waals surface area (Å²) >= 11 is 0. The van der Waals surface area contributed by atoms with Gasteiger partial charge < -0.3 is 15.0 Å². The van der Waals surface area contributed by atoms with E-state index in [0.717, 1.165) is 30.3 Å². The van der Waals surface area contributed by atoms with Crippen molar-refractivity contribution in [1.29, 1.82) is 0 Å². The van der Waals surface area contributed by atoms with Crippen LogP contribution in [-0.2, 0) is 37.6 Å². The summed E-state index contributed by atoms with van der Waals surface area (Å²) in [4.78, 5) is 46.6. The molecule has 0 fully saturated rings. The number of aromatic carboxylic acids is 2. The number of carboxylic acids is 2. The first-order chi connectivity index (χ1) is 26.4. The molecule has 0 atom stereocenters. The number of nitrogens with one attached hydrogen (secondary N) is 3. The molecule has 0 saturated heterocycles. The van der Waals surface area contributed by atoms with Gasteiger partial charge in [0.15, 0.2) is 5.69 Å². The van der Waals surface area contributed by atoms with Crippen LogP contribution in [0.15, 0.2) is 132 Å². The van der Waals surface area contributed by atoms with Crippen molar-refractivity contribution in [2.24, 2.45) is 15.3 Å². The standard InChI is InChI=1S/2C17H14N4O6S.Cr.3Na/c2*1-10-15(16(22)21(20-10)11-5-3-2-4-6-11)19-18-14-8-7-12(28(25,26)27)9-13(14)17(23)24;;;;/h2*2-9,20H,1H3,(H,23,24)(H,25,26,27);;;;/q;;;3*+1. The van der Waals surface area contributed by atoms with Crippen LogP contribution in [0.25, 0.3) is 11.4 Å². The number of nitrogens with zero attached hydrogens (tertiary/aromatic N) is 5. The smallest absolute Gasteiger partial charge is 0.545 e. The number of hydrogen-bond donors (Lipinski definition) is 6. The van der Waals surface area contributed by atoms with Crippen LogP contribution in [-0.4, -0.2) is 62.5 Å². The second-order valence-corrected chi connectivity index (χ2v) is 14.3. The topological polar surface area (TPSA) is 313 Å². The predicted molar refractivity (Wildman–Crippen MR) is 193 cm³/mol. The largest absolute Gasteiger partial charge is 1.00 e. The van der Waals surface area contributed by atoms with E-state index in [1.54, 1.807) is 68.4 Å². The molecule has 0 bridgehead atoms. The number of aryl methyl sites for hydroxylation is 2. The Labute approximate surface area is 417 Å². The Morgan fingerprint density at radius 2 is 1.12 bits per heavy atom. The molecule has 4 aromatic carbocycles. The fourth-order valence-corrected chi connectivity index (χ4v) is 5.96. The van der Waals surface area contributed by atoms with Crippen LogP contribution in [0.2, 0.25) is 0 Å². The summed E-state index contributed by atoms with van der Waals surface area (Å²) in [5.41, 5.74) is -0.273. The molecule has 0 aliphatic rings. The van der Waals surface area contributed by atoms with E-state index in [2.05, 4.69) is 30.7 Å². The average molecular weight is 926 g/mol. The Morgan fingerprint density at radius 3 is 1.58 bits per heavy atom. The van der Waals surface area contributed by atoms with Crippen molar-refractivity contribution in [2.45, 2.75) is 23.6 Å². The van der Waals surface area contributed by atoms with E-state index in [4.69, 9.17) is 9.11 Å². The zero-order valence-corrected chi connectivity index (χ0v) is 41.1. The van der Waals surface area contributed by atoms with E-state index in [9.17, 15) is 46.2 Å². The van der Waals surface area contributed by atoms with Gasteiger partial charge in [0.1, 0.15) is 11.4 Å². The maximum absolute atomic E-state index is 12.6. The predicted octanol–water partition coefficient (Wildman–Crippen LogP) is -6.58. The van der Waals surface area contributed by atoms with Crippen molar-refractivity contribution in [3.63, 3.8) is 0 Å². The number of rotatable bonds is 10. The number of H-pyrrole nitrogens is 2. The zero-order chi connectivity index (χ0) is 40.9. The summed E-state index contributed by atoms with van der Waals surface area (Å²) < 4.78 is 65.4. The first kappa shape index (κ1) is 54.4. The number of carboxylic acid groups (broad SMARTS) is 2. The molecule has 6 aromatic rings. The van der Waals surface area contributed by atoms with Gasteiger partial charge in [-0.2, -0.15) is 16.8 Å². The van der Waals surface area contributed by atoms with E-state index in [1.807, 2.05) is 6.07 Å². The van der Waals surface area contributed by atoms with Gasteiger partial charge in [0, 0.05) is 22.9 Å². The minimum Gasteiger partial charge on any atom is -0.545 e. The molecule has 6 rings (SSSR count). The molecule has 0 saturated carbocycles. The van der Waals surface area contributed by atoms with E-state index in [-0.39, 0.29) is 129 Å². The van der Waals surface area contributed by atoms with Crippen LogP contribution in [0.3, 0.4) is 0 Å². The maximum Gasteiger partial charge on any atom is 1.00 e. The van der Waals surface area contributed by atoms with E-state index in [0.29, 0.717) is 28.8 Å². The van der Waals surface area contributed by atoms with E-state index < -0.39 is 64.2 Å². The number of para-hydroxylation sites is 2. The van der Waals surface area contributed by atoms with E-state index in [1.165, 1.54) is 9.36 Å². The van der Waals surface area contributed by atoms with Crippen LogP contribution >= 0.6 is 0 Å². The number of aromatic nitrogens is 4. The third kappa shape index (κ3) is 13.2. The third-order valence-corrected chi connectivity index (χ3v) is 9.37. The molecule has 2 heterocycles. The van der Waals surface area contributed by atoms with Gasteiger partial charge in [-0.15, -0.1) is 10.2 Å². The Bertz CT molecular complexity index is 2710. The van der Waals surface area contributed by atoms with Crippen LogP contribution in [0, 0.1) is 13.8 Å². The van der Waals surface area contributed by atoms with Gasteiger partial charge in [-0.25, -0.2) is 14.2 Å². The Morgan fingerprint density at radius 1 is 0.667 bits per heavy atom. The number of carbonyl (C=O) groups is 2. The monoisotopic (exact) mass is 925 g/mol. The fraction of sp³-hybridized carbons (Fsp3) is 0.0588. The molecule has 26 heteroatoms. The number of azo groups is 2. The van der Waals surface area contributed by atoms with Crippen LogP contribution in [0.1, 0.15) is 32.1 Å². The SMILES string of the molecule is Cc1[nH]n(-c2ccccc2)c(=O)c1N=Nc1ccc(S(=O)(=O)O)cc1C(=O)[O-].Cc1[nH]n(-c2ccccc2)c(=O)c1[NH+]=Nc1ccc(S(=O)(=O)O)cc1C(=O)O.[Cr].[Na+].[Na+].[Na+]. The first-order valence-corrected chi connectivity index (χ1v) is 18.5. The molecule has 0 spiro atoms. The number of benzene rings is 4. The fourth-order valence-electron chi connectivity index (χ4n) is 4.94. The van der Waals surface area contributed by atoms with Crippen LogP contribution < -0.4 is 110 Å². The van der Waals surface area contributed by atoms with Crippen molar-refractivity contribution < 1.29 is 157 Å². The minimum absolute atomic E-state index is 0. The van der Waals surface area contributed by atoms with Gasteiger partial charge in [-0.3, -0.25) is 28.9 Å². The van der Waals surface area contributed by atoms with Crippen molar-refractivity contribution in [3.8, 4) is 11.4 Å². The molecule has 60 heavy (non-hydrogen) atoms. The average Bonchev–Trinajstić information content (AvgIpc) is 3.61. The third-order valence-electron chi connectivity index (χ3n) is 7.67. The molecule has 20 nitrogen and oxygen atoms in total. The molecule has 0 amide bonds. The molecule has 0 aliphatic carbocycles. The second-order valence-electron chi connectivity index (χ2n) is 11.5. The molecular weight excluding hydrogens is 898 g/mol. The summed E-state index contributed by atoms with van der Waals surface area (Å²) in [6.45, 7) is 3.23. The molecule has 294 valence electrons. The number of hydrogen-bond acceptors (Lipinski definition) is 12. The zero-order valence-electron chi connectivity index (χ0n) is 32.2. The molecule has 0 aliphatic heterocycles. The number of aromatic amines is 2. The van der Waals surface area contributed by atoms with Gasteiger partial charge in [0.25, 0.3) is 25.8 Å². The van der Waals surface area contributed by atoms with Gasteiger partial charge in [0.05, 0.1) is 44.1 Å². The van der Waals surface area contributed by atoms with Crippen LogP contribution in [0.4, 0.5) is 22.7 Å². The van der Waals surface area contributed by atoms with Crippen molar-refractivity contribution in [1.82, 2.24) is 19.6 Å². The first-order valence-electron chi connectivity index (χ1n) is 15.7. The summed E-state index contributed by atoms with van der Waals surface area (Å²) in [6, 6.07) is 23.1. The minimum atomic E-state index is -4.61. The van der Waals surface area contributed by atoms with Gasteiger partial charge in [0.2, 0.25) is 0 Å². The van der Waals surface area contributed by atoms with Crippen molar-refractivity contribution in [3.05, 3.63) is 140 Å². The molecule has 6 N–H and O–H groups in total. The Hall–Kier alpha value is -3.61. The number of carbonyl (C=O) groups excluding carboxylic acids is 1. The molecular formula is C34H28CrN8Na3O12S2+3. The quantitative estimate of drug-likeness (QED) is 0.0425. The maximum atomic E-state index is 12.6. The van der Waals surface area contributed by atoms with Gasteiger partial charge >= 0.3 is 106 Å². The molecule has 2 aromatic heterocycles. The summed E-state index contributed by atoms with van der Waals surface area (Å²) in [7, 11) is -9.17.